The van der Waals surface area contributed by atoms with Crippen molar-refractivity contribution in [2.24, 2.45) is 0 Å². The molecule has 19 heavy (non-hydrogen) atoms. The van der Waals surface area contributed by atoms with Crippen molar-refractivity contribution in [2.75, 3.05) is 5.32 Å². The average molecular weight is 337 g/mol. The largest absolute Gasteiger partial charge is 0.362 e. The molecule has 2 rings (SSSR count). The summed E-state index contributed by atoms with van der Waals surface area (Å²) in [7, 11) is 0. The molecule has 0 aliphatic rings. The van der Waals surface area contributed by atoms with Crippen LogP contribution < -0.4 is 5.32 Å². The Hall–Kier alpha value is -1.57. The lowest BCUT2D eigenvalue weighted by Crippen LogP contribution is -2.08. The van der Waals surface area contributed by atoms with Gasteiger partial charge in [-0.05, 0) is 30.7 Å². The van der Waals surface area contributed by atoms with E-state index in [0.29, 0.717) is 16.4 Å². The highest BCUT2D eigenvalue weighted by atomic mass is 79.9. The highest BCUT2D eigenvalue weighted by molar-refractivity contribution is 9.10. The maximum Gasteiger partial charge on any atom is 0.146 e. The van der Waals surface area contributed by atoms with Gasteiger partial charge in [-0.1, -0.05) is 39.7 Å². The molecule has 0 saturated heterocycles. The summed E-state index contributed by atoms with van der Waals surface area (Å²) in [4.78, 5) is 4.17. The second-order valence-corrected chi connectivity index (χ2v) is 5.35. The maximum absolute atomic E-state index is 8.93. The first-order chi connectivity index (χ1) is 9.11. The van der Waals surface area contributed by atoms with E-state index in [-0.39, 0.29) is 6.04 Å². The molecule has 0 saturated carbocycles. The summed E-state index contributed by atoms with van der Waals surface area (Å²) < 4.78 is 1.02. The van der Waals surface area contributed by atoms with E-state index in [1.807, 2.05) is 37.3 Å². The minimum Gasteiger partial charge on any atom is -0.362 e. The van der Waals surface area contributed by atoms with E-state index in [1.54, 1.807) is 12.3 Å². The van der Waals surface area contributed by atoms with Crippen molar-refractivity contribution in [1.29, 1.82) is 5.26 Å². The van der Waals surface area contributed by atoms with Crippen molar-refractivity contribution in [3.63, 3.8) is 0 Å². The van der Waals surface area contributed by atoms with Crippen LogP contribution in [-0.2, 0) is 0 Å². The number of anilines is 1. The van der Waals surface area contributed by atoms with E-state index in [2.05, 4.69) is 26.2 Å². The van der Waals surface area contributed by atoms with Gasteiger partial charge in [-0.3, -0.25) is 0 Å². The van der Waals surface area contributed by atoms with Gasteiger partial charge in [-0.2, -0.15) is 5.26 Å². The molecule has 96 valence electrons. The molecule has 1 atom stereocenters. The molecule has 3 nitrogen and oxygen atoms in total. The van der Waals surface area contributed by atoms with E-state index < -0.39 is 0 Å². The van der Waals surface area contributed by atoms with Crippen molar-refractivity contribution in [3.05, 3.63) is 57.2 Å². The summed E-state index contributed by atoms with van der Waals surface area (Å²) >= 11 is 9.56. The fourth-order valence-corrected chi connectivity index (χ4v) is 2.32. The zero-order valence-electron chi connectivity index (χ0n) is 10.2. The monoisotopic (exact) mass is 335 g/mol. The van der Waals surface area contributed by atoms with Crippen molar-refractivity contribution < 1.29 is 0 Å². The van der Waals surface area contributed by atoms with Crippen LogP contribution in [0.25, 0.3) is 0 Å². The number of halogens is 2. The summed E-state index contributed by atoms with van der Waals surface area (Å²) in [6.45, 7) is 2.01. The van der Waals surface area contributed by atoms with Crippen LogP contribution in [0, 0.1) is 11.3 Å². The van der Waals surface area contributed by atoms with Gasteiger partial charge in [0.15, 0.2) is 0 Å². The van der Waals surface area contributed by atoms with E-state index in [9.17, 15) is 0 Å². The molecule has 0 radical (unpaired) electrons. The van der Waals surface area contributed by atoms with Gasteiger partial charge in [0.2, 0.25) is 0 Å². The lowest BCUT2D eigenvalue weighted by Gasteiger charge is -2.16. The third-order valence-corrected chi connectivity index (χ3v) is 3.59. The molecular weight excluding hydrogens is 326 g/mol. The molecule has 0 amide bonds. The quantitative estimate of drug-likeness (QED) is 0.895. The maximum atomic E-state index is 8.93. The van der Waals surface area contributed by atoms with Gasteiger partial charge < -0.3 is 5.32 Å². The van der Waals surface area contributed by atoms with Crippen LogP contribution in [0.15, 0.2) is 41.0 Å². The lowest BCUT2D eigenvalue weighted by molar-refractivity contribution is 0.873. The Morgan fingerprint density at radius 3 is 2.89 bits per heavy atom. The number of nitrogens with zero attached hydrogens (tertiary/aromatic N) is 2. The van der Waals surface area contributed by atoms with Gasteiger partial charge in [-0.25, -0.2) is 4.98 Å². The number of hydrogen-bond donors (Lipinski definition) is 1. The molecule has 0 spiro atoms. The van der Waals surface area contributed by atoms with Crippen molar-refractivity contribution >= 4 is 33.3 Å². The van der Waals surface area contributed by atoms with Crippen molar-refractivity contribution in [1.82, 2.24) is 4.98 Å². The molecule has 0 aliphatic carbocycles. The second-order valence-electron chi connectivity index (χ2n) is 4.05. The summed E-state index contributed by atoms with van der Waals surface area (Å²) in [5.74, 6) is 0.521. The van der Waals surface area contributed by atoms with Crippen LogP contribution in [-0.4, -0.2) is 4.98 Å². The third-order valence-electron chi connectivity index (χ3n) is 2.71. The first-order valence-electron chi connectivity index (χ1n) is 5.68. The topological polar surface area (TPSA) is 48.7 Å². The van der Waals surface area contributed by atoms with Crippen LogP contribution in [0.3, 0.4) is 0 Å². The minimum atomic E-state index is 0.0384. The average Bonchev–Trinajstić information content (AvgIpc) is 2.41. The molecule has 1 N–H and O–H groups in total. The summed E-state index contributed by atoms with van der Waals surface area (Å²) in [6.07, 6.45) is 1.57. The van der Waals surface area contributed by atoms with Crippen LogP contribution in [0.5, 0.6) is 0 Å². The van der Waals surface area contributed by atoms with Crippen LogP contribution in [0.1, 0.15) is 24.1 Å². The lowest BCUT2D eigenvalue weighted by atomic mass is 10.1. The highest BCUT2D eigenvalue weighted by Crippen LogP contribution is 2.27. The van der Waals surface area contributed by atoms with Gasteiger partial charge >= 0.3 is 0 Å². The Labute approximate surface area is 125 Å². The van der Waals surface area contributed by atoms with Crippen LogP contribution >= 0.6 is 27.5 Å². The smallest absolute Gasteiger partial charge is 0.146 e. The molecule has 0 fully saturated rings. The molecule has 2 aromatic rings. The SMILES string of the molecule is CC(Nc1nccc(C#N)c1Cl)c1cccc(Br)c1. The van der Waals surface area contributed by atoms with E-state index >= 15 is 0 Å². The standard InChI is InChI=1S/C14H11BrClN3/c1-9(10-3-2-4-12(15)7-10)19-14-13(16)11(8-17)5-6-18-14/h2-7,9H,1H3,(H,18,19). The summed E-state index contributed by atoms with van der Waals surface area (Å²) in [6, 6.07) is 11.7. The first kappa shape index (κ1) is 13.9. The molecule has 1 unspecified atom stereocenters. The van der Waals surface area contributed by atoms with Gasteiger partial charge in [0.05, 0.1) is 11.6 Å². The van der Waals surface area contributed by atoms with Crippen LogP contribution in [0.4, 0.5) is 5.82 Å². The third kappa shape index (κ3) is 3.25. The zero-order valence-corrected chi connectivity index (χ0v) is 12.5. The van der Waals surface area contributed by atoms with Crippen LogP contribution in [0.2, 0.25) is 5.02 Å². The van der Waals surface area contributed by atoms with Gasteiger partial charge in [0.1, 0.15) is 16.9 Å². The van der Waals surface area contributed by atoms with Gasteiger partial charge in [0.25, 0.3) is 0 Å². The highest BCUT2D eigenvalue weighted by Gasteiger charge is 2.11. The zero-order chi connectivity index (χ0) is 13.8. The van der Waals surface area contributed by atoms with E-state index in [1.165, 1.54) is 0 Å². The van der Waals surface area contributed by atoms with Gasteiger partial charge in [0, 0.05) is 10.7 Å². The van der Waals surface area contributed by atoms with Gasteiger partial charge in [-0.15, -0.1) is 0 Å². The first-order valence-corrected chi connectivity index (χ1v) is 6.85. The molecular formula is C14H11BrClN3. The Kier molecular flexibility index (Phi) is 4.41. The Bertz CT molecular complexity index is 637. The molecule has 0 aliphatic heterocycles. The molecule has 0 bridgehead atoms. The second kappa shape index (κ2) is 6.05. The number of nitriles is 1. The number of hydrogen-bond acceptors (Lipinski definition) is 3. The number of benzene rings is 1. The molecule has 1 heterocycles. The Morgan fingerprint density at radius 2 is 2.21 bits per heavy atom. The van der Waals surface area contributed by atoms with Crippen molar-refractivity contribution in [2.45, 2.75) is 13.0 Å². The summed E-state index contributed by atoms with van der Waals surface area (Å²) in [5, 5.41) is 12.5. The fraction of sp³-hybridized carbons (Fsp3) is 0.143. The van der Waals surface area contributed by atoms with E-state index in [0.717, 1.165) is 10.0 Å². The Balaban J connectivity index is 2.25. The minimum absolute atomic E-state index is 0.0384. The number of nitrogens with one attached hydrogen (secondary N) is 1. The fourth-order valence-electron chi connectivity index (χ4n) is 1.70. The number of pyridine rings is 1. The van der Waals surface area contributed by atoms with E-state index in [4.69, 9.17) is 16.9 Å². The molecule has 1 aromatic heterocycles. The predicted octanol–water partition coefficient (Wildman–Crippen LogP) is 4.54. The molecule has 1 aromatic carbocycles. The predicted molar refractivity (Wildman–Crippen MR) is 80.1 cm³/mol. The number of rotatable bonds is 3. The summed E-state index contributed by atoms with van der Waals surface area (Å²) in [5.41, 5.74) is 1.52. The molecule has 5 heteroatoms. The Morgan fingerprint density at radius 1 is 1.42 bits per heavy atom. The normalized spacial score (nSPS) is 11.7. The number of aromatic nitrogens is 1. The van der Waals surface area contributed by atoms with Crippen molar-refractivity contribution in [3.8, 4) is 6.07 Å².